The van der Waals surface area contributed by atoms with Gasteiger partial charge in [0.2, 0.25) is 5.91 Å². The van der Waals surface area contributed by atoms with E-state index >= 15 is 0 Å². The lowest BCUT2D eigenvalue weighted by Gasteiger charge is -2.57. The molecule has 5 rings (SSSR count). The van der Waals surface area contributed by atoms with Gasteiger partial charge in [0.05, 0.1) is 6.42 Å². The smallest absolute Gasteiger partial charge is 0.325 e. The Hall–Kier alpha value is -2.96. The first-order chi connectivity index (χ1) is 18.1. The fraction of sp³-hybridized carbons (Fsp3) is 0.613. The molecular weight excluding hydrogens is 480 g/mol. The van der Waals surface area contributed by atoms with Crippen LogP contribution in [0.2, 0.25) is 0 Å². The first-order valence-corrected chi connectivity index (χ1v) is 14.1. The number of amides is 1. The Balaban J connectivity index is 1.20. The molecule has 0 aromatic carbocycles. The number of hydrogen-bond donors (Lipinski definition) is 2. The van der Waals surface area contributed by atoms with Crippen LogP contribution >= 0.6 is 0 Å². The average Bonchev–Trinajstić information content (AvgIpc) is 3.25. The minimum atomic E-state index is -1.10. The number of ether oxygens (including phenoxy) is 1. The van der Waals surface area contributed by atoms with Crippen molar-refractivity contribution in [2.24, 2.45) is 28.6 Å². The van der Waals surface area contributed by atoms with Crippen LogP contribution in [0.1, 0.15) is 84.1 Å². The highest BCUT2D eigenvalue weighted by Gasteiger charge is 2.57. The zero-order chi connectivity index (χ0) is 27.1. The first kappa shape index (κ1) is 26.6. The quantitative estimate of drug-likeness (QED) is 0.372. The minimum Gasteiger partial charge on any atom is -0.480 e. The SMILES string of the molecule is CC(NC(=O)CCC(=O)O[C@H]1CC[C@@]2(C)C(=CCC3C2CC[C@]2(C)C(c4cccnc4)=CC[C@@H]32)C1)C(=O)O. The second kappa shape index (κ2) is 10.3. The number of nitrogens with zero attached hydrogens (tertiary/aromatic N) is 1. The van der Waals surface area contributed by atoms with Crippen LogP contribution in [-0.2, 0) is 19.1 Å². The molecule has 0 bridgehead atoms. The van der Waals surface area contributed by atoms with E-state index in [0.29, 0.717) is 17.8 Å². The number of carboxylic acid groups (broad SMARTS) is 1. The Morgan fingerprint density at radius 1 is 1.11 bits per heavy atom. The van der Waals surface area contributed by atoms with Crippen LogP contribution in [0.3, 0.4) is 0 Å². The fourth-order valence-electron chi connectivity index (χ4n) is 8.10. The molecule has 38 heavy (non-hydrogen) atoms. The van der Waals surface area contributed by atoms with Crippen LogP contribution in [0.5, 0.6) is 0 Å². The minimum absolute atomic E-state index is 0.0395. The number of aromatic nitrogens is 1. The Labute approximate surface area is 225 Å². The van der Waals surface area contributed by atoms with Crippen LogP contribution < -0.4 is 5.32 Å². The van der Waals surface area contributed by atoms with Crippen molar-refractivity contribution < 1.29 is 24.2 Å². The summed E-state index contributed by atoms with van der Waals surface area (Å²) in [6, 6.07) is 3.26. The van der Waals surface area contributed by atoms with Crippen molar-refractivity contribution in [2.45, 2.75) is 90.7 Å². The molecule has 4 aliphatic carbocycles. The summed E-state index contributed by atoms with van der Waals surface area (Å²) in [4.78, 5) is 39.7. The number of carbonyl (C=O) groups excluding carboxylic acids is 2. The standard InChI is InChI=1S/C31H40N2O5/c1-19(29(36)37)33-27(34)10-11-28(35)38-22-12-14-30(2)21(17-22)6-7-23-25-9-8-24(20-5-4-16-32-18-20)31(25,3)15-13-26(23)30/h4-6,8,16,18-19,22-23,25-26H,7,9-15,17H2,1-3H3,(H,33,34)(H,36,37)/t19?,22-,23?,25-,26?,30-,31+/m0/s1. The van der Waals surface area contributed by atoms with Gasteiger partial charge in [0.15, 0.2) is 0 Å². The third-order valence-corrected chi connectivity index (χ3v) is 10.2. The van der Waals surface area contributed by atoms with Crippen molar-refractivity contribution in [3.63, 3.8) is 0 Å². The van der Waals surface area contributed by atoms with Crippen LogP contribution in [0.4, 0.5) is 0 Å². The molecule has 4 aliphatic rings. The van der Waals surface area contributed by atoms with E-state index in [1.807, 2.05) is 18.5 Å². The summed E-state index contributed by atoms with van der Waals surface area (Å²) in [5, 5.41) is 11.3. The summed E-state index contributed by atoms with van der Waals surface area (Å²) in [5.74, 6) is 0.0231. The van der Waals surface area contributed by atoms with Gasteiger partial charge in [-0.3, -0.25) is 19.4 Å². The molecule has 2 saturated carbocycles. The third-order valence-electron chi connectivity index (χ3n) is 10.2. The summed E-state index contributed by atoms with van der Waals surface area (Å²) in [7, 11) is 0. The average molecular weight is 521 g/mol. The van der Waals surface area contributed by atoms with Gasteiger partial charge in [-0.1, -0.05) is 37.6 Å². The zero-order valence-electron chi connectivity index (χ0n) is 22.7. The molecule has 7 nitrogen and oxygen atoms in total. The molecule has 3 unspecified atom stereocenters. The zero-order valence-corrected chi connectivity index (χ0v) is 22.7. The third kappa shape index (κ3) is 4.80. The maximum absolute atomic E-state index is 12.5. The molecule has 0 aliphatic heterocycles. The van der Waals surface area contributed by atoms with Crippen LogP contribution in [0, 0.1) is 28.6 Å². The van der Waals surface area contributed by atoms with E-state index in [9.17, 15) is 14.4 Å². The van der Waals surface area contributed by atoms with E-state index in [1.165, 1.54) is 36.5 Å². The predicted octanol–water partition coefficient (Wildman–Crippen LogP) is 5.32. The summed E-state index contributed by atoms with van der Waals surface area (Å²) < 4.78 is 5.78. The van der Waals surface area contributed by atoms with E-state index in [2.05, 4.69) is 42.4 Å². The Bertz CT molecular complexity index is 1160. The van der Waals surface area contributed by atoms with Gasteiger partial charge in [-0.25, -0.2) is 0 Å². The van der Waals surface area contributed by atoms with E-state index in [-0.39, 0.29) is 35.7 Å². The first-order valence-electron chi connectivity index (χ1n) is 14.1. The lowest BCUT2D eigenvalue weighted by Crippen LogP contribution is -2.50. The van der Waals surface area contributed by atoms with Gasteiger partial charge < -0.3 is 15.2 Å². The van der Waals surface area contributed by atoms with Crippen molar-refractivity contribution in [3.8, 4) is 0 Å². The lowest BCUT2D eigenvalue weighted by atomic mass is 9.47. The fourth-order valence-corrected chi connectivity index (χ4v) is 8.10. The highest BCUT2D eigenvalue weighted by molar-refractivity contribution is 5.85. The van der Waals surface area contributed by atoms with Gasteiger partial charge in [0, 0.05) is 25.2 Å². The van der Waals surface area contributed by atoms with Gasteiger partial charge in [0.25, 0.3) is 0 Å². The molecule has 0 radical (unpaired) electrons. The highest BCUT2D eigenvalue weighted by Crippen LogP contribution is 2.66. The second-order valence-electron chi connectivity index (χ2n) is 12.3. The second-order valence-corrected chi connectivity index (χ2v) is 12.3. The van der Waals surface area contributed by atoms with Gasteiger partial charge in [0.1, 0.15) is 12.1 Å². The van der Waals surface area contributed by atoms with E-state index < -0.39 is 17.9 Å². The number of fused-ring (bicyclic) bond motifs is 5. The molecule has 2 fully saturated rings. The largest absolute Gasteiger partial charge is 0.480 e. The maximum atomic E-state index is 12.5. The van der Waals surface area contributed by atoms with Crippen LogP contribution in [0.15, 0.2) is 42.3 Å². The summed E-state index contributed by atoms with van der Waals surface area (Å²) in [6.07, 6.45) is 15.8. The number of carboxylic acids is 1. The molecule has 1 aromatic heterocycles. The summed E-state index contributed by atoms with van der Waals surface area (Å²) in [6.45, 7) is 6.31. The molecule has 1 aromatic rings. The Morgan fingerprint density at radius 2 is 1.89 bits per heavy atom. The molecule has 0 spiro atoms. The number of nitrogens with one attached hydrogen (secondary N) is 1. The summed E-state index contributed by atoms with van der Waals surface area (Å²) in [5.41, 5.74) is 4.54. The lowest BCUT2D eigenvalue weighted by molar-refractivity contribution is -0.152. The number of pyridine rings is 1. The van der Waals surface area contributed by atoms with Gasteiger partial charge in [-0.15, -0.1) is 0 Å². The van der Waals surface area contributed by atoms with Gasteiger partial charge in [-0.05, 0) is 91.2 Å². The Morgan fingerprint density at radius 3 is 2.63 bits per heavy atom. The van der Waals surface area contributed by atoms with Crippen molar-refractivity contribution >= 4 is 23.4 Å². The number of carbonyl (C=O) groups is 3. The van der Waals surface area contributed by atoms with Crippen molar-refractivity contribution in [1.82, 2.24) is 10.3 Å². The molecule has 7 heteroatoms. The predicted molar refractivity (Wildman–Crippen MR) is 144 cm³/mol. The number of esters is 1. The molecular formula is C31H40N2O5. The molecule has 204 valence electrons. The van der Waals surface area contributed by atoms with Gasteiger partial charge >= 0.3 is 11.9 Å². The van der Waals surface area contributed by atoms with Crippen molar-refractivity contribution in [2.75, 3.05) is 0 Å². The van der Waals surface area contributed by atoms with Crippen molar-refractivity contribution in [3.05, 3.63) is 47.8 Å². The van der Waals surface area contributed by atoms with Crippen LogP contribution in [0.25, 0.3) is 5.57 Å². The van der Waals surface area contributed by atoms with E-state index in [1.54, 1.807) is 0 Å². The van der Waals surface area contributed by atoms with Gasteiger partial charge in [-0.2, -0.15) is 0 Å². The van der Waals surface area contributed by atoms with Crippen molar-refractivity contribution in [1.29, 1.82) is 0 Å². The topological polar surface area (TPSA) is 106 Å². The normalized spacial score (nSPS) is 34.5. The van der Waals surface area contributed by atoms with E-state index in [4.69, 9.17) is 9.84 Å². The molecule has 7 atom stereocenters. The Kier molecular flexibility index (Phi) is 7.23. The highest BCUT2D eigenvalue weighted by atomic mass is 16.5. The number of allylic oxidation sites excluding steroid dienone is 3. The summed E-state index contributed by atoms with van der Waals surface area (Å²) >= 11 is 0. The molecule has 1 amide bonds. The molecule has 0 saturated heterocycles. The molecule has 1 heterocycles. The van der Waals surface area contributed by atoms with E-state index in [0.717, 1.165) is 32.1 Å². The van der Waals surface area contributed by atoms with Crippen LogP contribution in [-0.4, -0.2) is 40.1 Å². The maximum Gasteiger partial charge on any atom is 0.325 e. The monoisotopic (exact) mass is 520 g/mol. The number of rotatable bonds is 7. The number of aliphatic carboxylic acids is 1. The number of hydrogen-bond acceptors (Lipinski definition) is 5. The molecule has 2 N–H and O–H groups in total.